The van der Waals surface area contributed by atoms with Crippen LogP contribution in [0.1, 0.15) is 5.56 Å². The Bertz CT molecular complexity index is 745. The third kappa shape index (κ3) is 3.40. The minimum atomic E-state index is -0.243. The fourth-order valence-corrected chi connectivity index (χ4v) is 2.80. The van der Waals surface area contributed by atoms with E-state index in [0.29, 0.717) is 15.9 Å². The summed E-state index contributed by atoms with van der Waals surface area (Å²) in [6.07, 6.45) is 0. The molecule has 0 spiro atoms. The Kier molecular flexibility index (Phi) is 4.17. The average Bonchev–Trinajstić information content (AvgIpc) is 2.95. The van der Waals surface area contributed by atoms with E-state index in [2.05, 4.69) is 15.5 Å². The van der Waals surface area contributed by atoms with Gasteiger partial charge in [-0.15, -0.1) is 5.10 Å². The van der Waals surface area contributed by atoms with Crippen LogP contribution >= 0.6 is 23.4 Å². The van der Waals surface area contributed by atoms with Crippen molar-refractivity contribution >= 4 is 23.4 Å². The van der Waals surface area contributed by atoms with Crippen molar-refractivity contribution in [2.75, 3.05) is 0 Å². The number of thioether (sulfide) groups is 1. The predicted octanol–water partition coefficient (Wildman–Crippen LogP) is 3.75. The second-order valence-electron chi connectivity index (χ2n) is 4.27. The Morgan fingerprint density at radius 1 is 1.14 bits per heavy atom. The predicted molar refractivity (Wildman–Crippen MR) is 80.1 cm³/mol. The Labute approximate surface area is 129 Å². The maximum Gasteiger partial charge on any atom is 0.214 e. The van der Waals surface area contributed by atoms with E-state index in [-0.39, 0.29) is 5.82 Å². The van der Waals surface area contributed by atoms with Crippen LogP contribution < -0.4 is 0 Å². The molecule has 0 N–H and O–H groups in total. The third-order valence-corrected chi connectivity index (χ3v) is 4.00. The first kappa shape index (κ1) is 14.0. The summed E-state index contributed by atoms with van der Waals surface area (Å²) in [4.78, 5) is 0. The first-order valence-electron chi connectivity index (χ1n) is 6.14. The zero-order chi connectivity index (χ0) is 14.7. The molecule has 1 aromatic heterocycles. The van der Waals surface area contributed by atoms with Gasteiger partial charge in [0.1, 0.15) is 5.82 Å². The van der Waals surface area contributed by atoms with Crippen LogP contribution in [0, 0.1) is 5.82 Å². The number of benzene rings is 2. The van der Waals surface area contributed by atoms with Crippen molar-refractivity contribution in [1.82, 2.24) is 20.2 Å². The summed E-state index contributed by atoms with van der Waals surface area (Å²) in [5.74, 6) is 0.411. The van der Waals surface area contributed by atoms with Gasteiger partial charge in [-0.25, -0.2) is 4.39 Å². The van der Waals surface area contributed by atoms with Gasteiger partial charge in [0.2, 0.25) is 5.16 Å². The highest BCUT2D eigenvalue weighted by atomic mass is 35.5. The topological polar surface area (TPSA) is 43.6 Å². The largest absolute Gasteiger partial charge is 0.214 e. The number of halogens is 2. The SMILES string of the molecule is Fc1ccc(CSc2nnnn2-c2cccc(Cl)c2)cc1. The van der Waals surface area contributed by atoms with Gasteiger partial charge < -0.3 is 0 Å². The lowest BCUT2D eigenvalue weighted by molar-refractivity contribution is 0.627. The Balaban J connectivity index is 1.78. The standard InChI is InChI=1S/C14H10ClFN4S/c15-11-2-1-3-13(8-11)20-14(17-18-19-20)21-9-10-4-6-12(16)7-5-10/h1-8H,9H2. The van der Waals surface area contributed by atoms with Gasteiger partial charge in [0.15, 0.2) is 0 Å². The van der Waals surface area contributed by atoms with E-state index >= 15 is 0 Å². The van der Waals surface area contributed by atoms with Crippen LogP contribution in [-0.4, -0.2) is 20.2 Å². The molecule has 0 amide bonds. The second kappa shape index (κ2) is 6.24. The molecule has 0 atom stereocenters. The third-order valence-electron chi connectivity index (χ3n) is 2.77. The van der Waals surface area contributed by atoms with Gasteiger partial charge in [-0.2, -0.15) is 4.68 Å². The van der Waals surface area contributed by atoms with Crippen molar-refractivity contribution in [3.05, 3.63) is 64.9 Å². The van der Waals surface area contributed by atoms with Gasteiger partial charge in [-0.05, 0) is 46.3 Å². The molecule has 2 aromatic carbocycles. The summed E-state index contributed by atoms with van der Waals surface area (Å²) in [6.45, 7) is 0. The normalized spacial score (nSPS) is 10.8. The van der Waals surface area contributed by atoms with E-state index < -0.39 is 0 Å². The fraction of sp³-hybridized carbons (Fsp3) is 0.0714. The zero-order valence-electron chi connectivity index (χ0n) is 10.8. The van der Waals surface area contributed by atoms with Gasteiger partial charge in [0, 0.05) is 10.8 Å². The lowest BCUT2D eigenvalue weighted by atomic mass is 10.2. The lowest BCUT2D eigenvalue weighted by Gasteiger charge is -2.04. The van der Waals surface area contributed by atoms with Crippen molar-refractivity contribution in [3.8, 4) is 5.69 Å². The molecule has 3 rings (SSSR count). The van der Waals surface area contributed by atoms with Crippen molar-refractivity contribution < 1.29 is 4.39 Å². The number of aromatic nitrogens is 4. The van der Waals surface area contributed by atoms with Crippen LogP contribution in [0.5, 0.6) is 0 Å². The average molecular weight is 321 g/mol. The molecule has 21 heavy (non-hydrogen) atoms. The van der Waals surface area contributed by atoms with Gasteiger partial charge in [-0.1, -0.05) is 41.6 Å². The molecular weight excluding hydrogens is 311 g/mol. The monoisotopic (exact) mass is 320 g/mol. The molecule has 106 valence electrons. The summed E-state index contributed by atoms with van der Waals surface area (Å²) in [6, 6.07) is 13.7. The number of hydrogen-bond donors (Lipinski definition) is 0. The molecular formula is C14H10ClFN4S. The zero-order valence-corrected chi connectivity index (χ0v) is 12.4. The van der Waals surface area contributed by atoms with Crippen molar-refractivity contribution in [2.45, 2.75) is 10.9 Å². The maximum absolute atomic E-state index is 12.9. The Morgan fingerprint density at radius 3 is 2.71 bits per heavy atom. The van der Waals surface area contributed by atoms with Crippen LogP contribution in [0.3, 0.4) is 0 Å². The molecule has 0 fully saturated rings. The Morgan fingerprint density at radius 2 is 1.95 bits per heavy atom. The molecule has 1 heterocycles. The van der Waals surface area contributed by atoms with Crippen LogP contribution in [0.2, 0.25) is 5.02 Å². The van der Waals surface area contributed by atoms with Crippen molar-refractivity contribution in [2.24, 2.45) is 0 Å². The quantitative estimate of drug-likeness (QED) is 0.687. The van der Waals surface area contributed by atoms with Gasteiger partial charge in [-0.3, -0.25) is 0 Å². The van der Waals surface area contributed by atoms with Gasteiger partial charge in [0.25, 0.3) is 0 Å². The van der Waals surface area contributed by atoms with Crippen LogP contribution in [0.4, 0.5) is 4.39 Å². The molecule has 0 aliphatic carbocycles. The van der Waals surface area contributed by atoms with Crippen molar-refractivity contribution in [3.63, 3.8) is 0 Å². The van der Waals surface area contributed by atoms with E-state index in [9.17, 15) is 4.39 Å². The number of tetrazole rings is 1. The first-order valence-corrected chi connectivity index (χ1v) is 7.50. The highest BCUT2D eigenvalue weighted by molar-refractivity contribution is 7.98. The van der Waals surface area contributed by atoms with E-state index in [1.807, 2.05) is 12.1 Å². The minimum Gasteiger partial charge on any atom is -0.207 e. The molecule has 0 saturated heterocycles. The van der Waals surface area contributed by atoms with Crippen LogP contribution in [0.15, 0.2) is 53.7 Å². The van der Waals surface area contributed by atoms with Crippen molar-refractivity contribution in [1.29, 1.82) is 0 Å². The molecule has 0 bridgehead atoms. The highest BCUT2D eigenvalue weighted by Gasteiger charge is 2.09. The molecule has 4 nitrogen and oxygen atoms in total. The summed E-state index contributed by atoms with van der Waals surface area (Å²) in [5, 5.41) is 12.9. The van der Waals surface area contributed by atoms with Gasteiger partial charge >= 0.3 is 0 Å². The summed E-state index contributed by atoms with van der Waals surface area (Å²) < 4.78 is 14.5. The molecule has 0 radical (unpaired) electrons. The molecule has 3 aromatic rings. The Hall–Kier alpha value is -1.92. The van der Waals surface area contributed by atoms with E-state index in [4.69, 9.17) is 11.6 Å². The maximum atomic E-state index is 12.9. The van der Waals surface area contributed by atoms with E-state index in [1.54, 1.807) is 28.9 Å². The number of rotatable bonds is 4. The van der Waals surface area contributed by atoms with Crippen LogP contribution in [0.25, 0.3) is 5.69 Å². The highest BCUT2D eigenvalue weighted by Crippen LogP contribution is 2.23. The number of nitrogens with zero attached hydrogens (tertiary/aromatic N) is 4. The number of hydrogen-bond acceptors (Lipinski definition) is 4. The lowest BCUT2D eigenvalue weighted by Crippen LogP contribution is -1.99. The summed E-state index contributed by atoms with van der Waals surface area (Å²) in [7, 11) is 0. The molecule has 7 heteroatoms. The smallest absolute Gasteiger partial charge is 0.207 e. The first-order chi connectivity index (χ1) is 10.2. The minimum absolute atomic E-state index is 0.243. The molecule has 0 aliphatic heterocycles. The van der Waals surface area contributed by atoms with Crippen LogP contribution in [-0.2, 0) is 5.75 Å². The summed E-state index contributed by atoms with van der Waals surface area (Å²) in [5.41, 5.74) is 1.80. The van der Waals surface area contributed by atoms with E-state index in [1.165, 1.54) is 23.9 Å². The summed E-state index contributed by atoms with van der Waals surface area (Å²) >= 11 is 7.45. The second-order valence-corrected chi connectivity index (χ2v) is 5.65. The molecule has 0 saturated carbocycles. The molecule has 0 unspecified atom stereocenters. The molecule has 0 aliphatic rings. The van der Waals surface area contributed by atoms with Gasteiger partial charge in [0.05, 0.1) is 5.69 Å². The van der Waals surface area contributed by atoms with E-state index in [0.717, 1.165) is 11.3 Å². The fourth-order valence-electron chi connectivity index (χ4n) is 1.77.